The molecule has 1 aliphatic rings. The highest BCUT2D eigenvalue weighted by Crippen LogP contribution is 2.23. The summed E-state index contributed by atoms with van der Waals surface area (Å²) >= 11 is 0. The van der Waals surface area contributed by atoms with E-state index < -0.39 is 0 Å². The molecular weight excluding hydrogens is 202 g/mol. The smallest absolute Gasteiger partial charge is 0.0890 e. The molecule has 1 aliphatic heterocycles. The average Bonchev–Trinajstić information content (AvgIpc) is 3.01. The summed E-state index contributed by atoms with van der Waals surface area (Å²) < 4.78 is 2.01. The molecule has 1 fully saturated rings. The minimum atomic E-state index is 0.422. The van der Waals surface area contributed by atoms with Gasteiger partial charge < -0.3 is 5.32 Å². The molecule has 0 aliphatic carbocycles. The van der Waals surface area contributed by atoms with Gasteiger partial charge in [0.15, 0.2) is 0 Å². The average molecular weight is 215 g/mol. The molecule has 0 saturated carbocycles. The maximum Gasteiger partial charge on any atom is 0.0890 e. The van der Waals surface area contributed by atoms with Crippen LogP contribution in [0.3, 0.4) is 0 Å². The van der Waals surface area contributed by atoms with E-state index in [1.165, 1.54) is 0 Å². The highest BCUT2D eigenvalue weighted by molar-refractivity contribution is 5.57. The molecule has 82 valence electrons. The van der Waals surface area contributed by atoms with Crippen LogP contribution in [-0.4, -0.2) is 33.1 Å². The summed E-state index contributed by atoms with van der Waals surface area (Å²) in [6.07, 6.45) is 6.51. The largest absolute Gasteiger partial charge is 0.315 e. The van der Waals surface area contributed by atoms with Gasteiger partial charge in [0, 0.05) is 24.5 Å². The summed E-state index contributed by atoms with van der Waals surface area (Å²) in [5, 5.41) is 11.5. The molecule has 2 aromatic heterocycles. The lowest BCUT2D eigenvalue weighted by molar-refractivity contribution is 0.481. The second-order valence-electron chi connectivity index (χ2n) is 3.95. The summed E-state index contributed by atoms with van der Waals surface area (Å²) in [6.45, 7) is 2.03. The molecule has 0 bridgehead atoms. The summed E-state index contributed by atoms with van der Waals surface area (Å²) in [5.74, 6) is 0. The SMILES string of the molecule is c1cc(-c2cnnn2C2CCNC2)ccn1. The minimum Gasteiger partial charge on any atom is -0.315 e. The monoisotopic (exact) mass is 215 g/mol. The van der Waals surface area contributed by atoms with Crippen LogP contribution in [0.2, 0.25) is 0 Å². The van der Waals surface area contributed by atoms with Crippen LogP contribution in [0.15, 0.2) is 30.7 Å². The first kappa shape index (κ1) is 9.47. The Morgan fingerprint density at radius 2 is 2.19 bits per heavy atom. The third-order valence-corrected chi connectivity index (χ3v) is 2.93. The van der Waals surface area contributed by atoms with E-state index >= 15 is 0 Å². The second kappa shape index (κ2) is 4.02. The number of nitrogens with one attached hydrogen (secondary N) is 1. The second-order valence-corrected chi connectivity index (χ2v) is 3.95. The predicted molar refractivity (Wildman–Crippen MR) is 59.8 cm³/mol. The zero-order valence-corrected chi connectivity index (χ0v) is 8.87. The Morgan fingerprint density at radius 3 is 2.94 bits per heavy atom. The number of nitrogens with zero attached hydrogens (tertiary/aromatic N) is 4. The highest BCUT2D eigenvalue weighted by atomic mass is 15.4. The van der Waals surface area contributed by atoms with Crippen LogP contribution in [0.5, 0.6) is 0 Å². The fourth-order valence-electron chi connectivity index (χ4n) is 2.09. The Morgan fingerprint density at radius 1 is 1.31 bits per heavy atom. The maximum atomic E-state index is 4.18. The van der Waals surface area contributed by atoms with E-state index in [1.54, 1.807) is 12.4 Å². The van der Waals surface area contributed by atoms with E-state index in [9.17, 15) is 0 Å². The van der Waals surface area contributed by atoms with Gasteiger partial charge in [0.2, 0.25) is 0 Å². The lowest BCUT2D eigenvalue weighted by Crippen LogP contribution is -2.15. The van der Waals surface area contributed by atoms with Crippen molar-refractivity contribution in [1.29, 1.82) is 0 Å². The van der Waals surface area contributed by atoms with Gasteiger partial charge in [-0.2, -0.15) is 0 Å². The van der Waals surface area contributed by atoms with Crippen molar-refractivity contribution < 1.29 is 0 Å². The van der Waals surface area contributed by atoms with Gasteiger partial charge in [-0.1, -0.05) is 5.21 Å². The number of rotatable bonds is 2. The minimum absolute atomic E-state index is 0.422. The Hall–Kier alpha value is -1.75. The molecule has 2 aromatic rings. The first-order chi connectivity index (χ1) is 7.95. The van der Waals surface area contributed by atoms with Gasteiger partial charge in [0.1, 0.15) is 0 Å². The maximum absolute atomic E-state index is 4.18. The molecular formula is C11H13N5. The molecule has 16 heavy (non-hydrogen) atoms. The lowest BCUT2D eigenvalue weighted by atomic mass is 10.2. The van der Waals surface area contributed by atoms with Crippen LogP contribution in [0, 0.1) is 0 Å². The van der Waals surface area contributed by atoms with Crippen molar-refractivity contribution >= 4 is 0 Å². The molecule has 0 spiro atoms. The number of pyridine rings is 1. The van der Waals surface area contributed by atoms with Crippen LogP contribution in [0.1, 0.15) is 12.5 Å². The molecule has 5 nitrogen and oxygen atoms in total. The molecule has 3 heterocycles. The first-order valence-electron chi connectivity index (χ1n) is 5.46. The summed E-state index contributed by atoms with van der Waals surface area (Å²) in [6, 6.07) is 4.39. The van der Waals surface area contributed by atoms with Gasteiger partial charge >= 0.3 is 0 Å². The zero-order chi connectivity index (χ0) is 10.8. The summed E-state index contributed by atoms with van der Waals surface area (Å²) in [5.41, 5.74) is 2.18. The summed E-state index contributed by atoms with van der Waals surface area (Å²) in [7, 11) is 0. The fourth-order valence-corrected chi connectivity index (χ4v) is 2.09. The molecule has 1 N–H and O–H groups in total. The summed E-state index contributed by atoms with van der Waals surface area (Å²) in [4.78, 5) is 4.02. The van der Waals surface area contributed by atoms with Crippen molar-refractivity contribution in [3.8, 4) is 11.3 Å². The van der Waals surface area contributed by atoms with E-state index in [4.69, 9.17) is 0 Å². The van der Waals surface area contributed by atoms with E-state index in [-0.39, 0.29) is 0 Å². The van der Waals surface area contributed by atoms with Crippen LogP contribution < -0.4 is 5.32 Å². The standard InChI is InChI=1S/C11H13N5/c1-4-12-5-2-9(1)11-8-14-15-16(11)10-3-6-13-7-10/h1-2,4-5,8,10,13H,3,6-7H2. The number of hydrogen-bond acceptors (Lipinski definition) is 4. The van der Waals surface area contributed by atoms with Crippen LogP contribution >= 0.6 is 0 Å². The van der Waals surface area contributed by atoms with Gasteiger partial charge in [0.05, 0.1) is 17.9 Å². The van der Waals surface area contributed by atoms with Crippen molar-refractivity contribution in [2.75, 3.05) is 13.1 Å². The van der Waals surface area contributed by atoms with Crippen molar-refractivity contribution in [3.63, 3.8) is 0 Å². The van der Waals surface area contributed by atoms with Crippen molar-refractivity contribution in [1.82, 2.24) is 25.3 Å². The molecule has 0 amide bonds. The van der Waals surface area contributed by atoms with E-state index in [2.05, 4.69) is 20.6 Å². The van der Waals surface area contributed by atoms with Crippen LogP contribution in [-0.2, 0) is 0 Å². The topological polar surface area (TPSA) is 55.6 Å². The van der Waals surface area contributed by atoms with E-state index in [0.29, 0.717) is 6.04 Å². The van der Waals surface area contributed by atoms with Gasteiger partial charge in [-0.3, -0.25) is 4.98 Å². The van der Waals surface area contributed by atoms with Crippen LogP contribution in [0.25, 0.3) is 11.3 Å². The molecule has 1 saturated heterocycles. The number of aromatic nitrogens is 4. The fraction of sp³-hybridized carbons (Fsp3) is 0.364. The lowest BCUT2D eigenvalue weighted by Gasteiger charge is -2.11. The Labute approximate surface area is 93.5 Å². The Balaban J connectivity index is 1.99. The highest BCUT2D eigenvalue weighted by Gasteiger charge is 2.20. The van der Waals surface area contributed by atoms with Gasteiger partial charge in [-0.05, 0) is 25.1 Å². The quantitative estimate of drug-likeness (QED) is 0.807. The number of hydrogen-bond donors (Lipinski definition) is 1. The first-order valence-corrected chi connectivity index (χ1v) is 5.46. The third kappa shape index (κ3) is 1.59. The molecule has 0 radical (unpaired) electrons. The third-order valence-electron chi connectivity index (χ3n) is 2.93. The van der Waals surface area contributed by atoms with Gasteiger partial charge in [-0.25, -0.2) is 4.68 Å². The molecule has 0 aromatic carbocycles. The Kier molecular flexibility index (Phi) is 2.38. The van der Waals surface area contributed by atoms with Gasteiger partial charge in [0.25, 0.3) is 0 Å². The van der Waals surface area contributed by atoms with Crippen molar-refractivity contribution in [2.45, 2.75) is 12.5 Å². The van der Waals surface area contributed by atoms with Crippen molar-refractivity contribution in [3.05, 3.63) is 30.7 Å². The van der Waals surface area contributed by atoms with E-state index in [1.807, 2.05) is 23.0 Å². The molecule has 1 atom stereocenters. The van der Waals surface area contributed by atoms with E-state index in [0.717, 1.165) is 30.8 Å². The van der Waals surface area contributed by atoms with Crippen LogP contribution in [0.4, 0.5) is 0 Å². The zero-order valence-electron chi connectivity index (χ0n) is 8.87. The van der Waals surface area contributed by atoms with Gasteiger partial charge in [-0.15, -0.1) is 5.10 Å². The molecule has 5 heteroatoms. The predicted octanol–water partition coefficient (Wildman–Crippen LogP) is 0.874. The molecule has 3 rings (SSSR count). The normalized spacial score (nSPS) is 20.1. The van der Waals surface area contributed by atoms with Crippen molar-refractivity contribution in [2.24, 2.45) is 0 Å². The molecule has 1 unspecified atom stereocenters. The Bertz CT molecular complexity index is 458.